The summed E-state index contributed by atoms with van der Waals surface area (Å²) in [5.74, 6) is 0. The molecule has 0 aliphatic heterocycles. The monoisotopic (exact) mass is 713 g/mol. The molecule has 0 atom stereocenters. The Morgan fingerprint density at radius 2 is 0.625 bits per heavy atom. The van der Waals surface area contributed by atoms with Gasteiger partial charge >= 0.3 is 0 Å². The van der Waals surface area contributed by atoms with Gasteiger partial charge in [-0.3, -0.25) is 0 Å². The number of nitrogens with zero attached hydrogens (tertiary/aromatic N) is 1. The number of hydrogen-bond donors (Lipinski definition) is 0. The standard InChI is InChI=1S/C55H39N/c1-5-16-40(17-6-1)42-28-30-43(31-29-42)45-34-38-49(39-35-45)56(48-36-32-44(33-37-48)41-18-7-2-8-19-41)53-27-15-26-52-54(53)50-24-13-14-25-51(50)55(52,46-20-9-3-10-21-46)47-22-11-4-12-23-47/h1-39H. The van der Waals surface area contributed by atoms with Crippen molar-refractivity contribution in [3.8, 4) is 44.5 Å². The normalized spacial score (nSPS) is 12.4. The molecule has 0 amide bonds. The van der Waals surface area contributed by atoms with Gasteiger partial charge in [0.2, 0.25) is 0 Å². The SMILES string of the molecule is c1ccc(-c2ccc(-c3ccc(N(c4ccc(-c5ccccc5)cc4)c4cccc5c4-c4ccccc4C5(c4ccccc4)c4ccccc4)cc3)cc2)cc1. The van der Waals surface area contributed by atoms with Gasteiger partial charge in [-0.05, 0) is 91.5 Å². The summed E-state index contributed by atoms with van der Waals surface area (Å²) in [4.78, 5) is 2.44. The van der Waals surface area contributed by atoms with Crippen LogP contribution in [0.2, 0.25) is 0 Å². The van der Waals surface area contributed by atoms with E-state index >= 15 is 0 Å². The van der Waals surface area contributed by atoms with Crippen molar-refractivity contribution >= 4 is 17.1 Å². The molecule has 0 unspecified atom stereocenters. The zero-order chi connectivity index (χ0) is 37.3. The van der Waals surface area contributed by atoms with Gasteiger partial charge in [-0.1, -0.05) is 206 Å². The van der Waals surface area contributed by atoms with Crippen molar-refractivity contribution in [2.75, 3.05) is 4.90 Å². The minimum atomic E-state index is -0.483. The number of fused-ring (bicyclic) bond motifs is 3. The second kappa shape index (κ2) is 14.2. The van der Waals surface area contributed by atoms with Crippen molar-refractivity contribution in [1.82, 2.24) is 0 Å². The van der Waals surface area contributed by atoms with Crippen LogP contribution in [0.5, 0.6) is 0 Å². The third-order valence-electron chi connectivity index (χ3n) is 11.4. The fraction of sp³-hybridized carbons (Fsp3) is 0.0182. The zero-order valence-corrected chi connectivity index (χ0v) is 31.0. The summed E-state index contributed by atoms with van der Waals surface area (Å²) in [6.45, 7) is 0. The van der Waals surface area contributed by atoms with Crippen LogP contribution in [-0.2, 0) is 5.41 Å². The molecule has 1 nitrogen and oxygen atoms in total. The fourth-order valence-corrected chi connectivity index (χ4v) is 8.81. The molecule has 264 valence electrons. The van der Waals surface area contributed by atoms with Gasteiger partial charge < -0.3 is 4.90 Å². The highest BCUT2D eigenvalue weighted by molar-refractivity contribution is 5.97. The molecule has 0 aromatic heterocycles. The van der Waals surface area contributed by atoms with Crippen LogP contribution < -0.4 is 4.90 Å². The summed E-state index contributed by atoms with van der Waals surface area (Å²) in [7, 11) is 0. The van der Waals surface area contributed by atoms with Gasteiger partial charge in [-0.15, -0.1) is 0 Å². The smallest absolute Gasteiger partial charge is 0.0714 e. The van der Waals surface area contributed by atoms with Gasteiger partial charge in [-0.2, -0.15) is 0 Å². The summed E-state index contributed by atoms with van der Waals surface area (Å²) in [6, 6.07) is 86.1. The van der Waals surface area contributed by atoms with Crippen molar-refractivity contribution in [2.24, 2.45) is 0 Å². The predicted octanol–water partition coefficient (Wildman–Crippen LogP) is 14.5. The van der Waals surface area contributed by atoms with Crippen LogP contribution in [-0.4, -0.2) is 0 Å². The predicted molar refractivity (Wildman–Crippen MR) is 235 cm³/mol. The van der Waals surface area contributed by atoms with E-state index < -0.39 is 5.41 Å². The van der Waals surface area contributed by atoms with E-state index in [-0.39, 0.29) is 0 Å². The lowest BCUT2D eigenvalue weighted by molar-refractivity contribution is 0.768. The molecule has 0 saturated carbocycles. The third kappa shape index (κ3) is 5.65. The van der Waals surface area contributed by atoms with Gasteiger partial charge in [0, 0.05) is 16.9 Å². The molecule has 1 aliphatic rings. The first-order valence-electron chi connectivity index (χ1n) is 19.3. The van der Waals surface area contributed by atoms with Crippen LogP contribution in [0.4, 0.5) is 17.1 Å². The minimum Gasteiger partial charge on any atom is -0.310 e. The summed E-state index contributed by atoms with van der Waals surface area (Å²) in [5.41, 5.74) is 17.7. The Bertz CT molecular complexity index is 2700. The Kier molecular flexibility index (Phi) is 8.46. The van der Waals surface area contributed by atoms with Gasteiger partial charge in [0.1, 0.15) is 0 Å². The van der Waals surface area contributed by atoms with Crippen molar-refractivity contribution in [1.29, 1.82) is 0 Å². The summed E-state index contributed by atoms with van der Waals surface area (Å²) >= 11 is 0. The van der Waals surface area contributed by atoms with Gasteiger partial charge in [0.05, 0.1) is 11.1 Å². The zero-order valence-electron chi connectivity index (χ0n) is 31.0. The van der Waals surface area contributed by atoms with Crippen LogP contribution in [0.25, 0.3) is 44.5 Å². The van der Waals surface area contributed by atoms with Crippen molar-refractivity contribution in [2.45, 2.75) is 5.41 Å². The van der Waals surface area contributed by atoms with Gasteiger partial charge in [0.25, 0.3) is 0 Å². The molecule has 0 saturated heterocycles. The fourth-order valence-electron chi connectivity index (χ4n) is 8.81. The van der Waals surface area contributed by atoms with E-state index in [1.165, 1.54) is 66.8 Å². The maximum atomic E-state index is 2.44. The Morgan fingerprint density at radius 1 is 0.268 bits per heavy atom. The Balaban J connectivity index is 1.15. The van der Waals surface area contributed by atoms with Gasteiger partial charge in [0.15, 0.2) is 0 Å². The molecular formula is C55H39N. The van der Waals surface area contributed by atoms with E-state index in [9.17, 15) is 0 Å². The molecule has 9 aromatic rings. The number of anilines is 3. The maximum Gasteiger partial charge on any atom is 0.0714 e. The van der Waals surface area contributed by atoms with E-state index in [0.717, 1.165) is 17.1 Å². The van der Waals surface area contributed by atoms with Crippen LogP contribution >= 0.6 is 0 Å². The van der Waals surface area contributed by atoms with Crippen LogP contribution in [0.15, 0.2) is 237 Å². The largest absolute Gasteiger partial charge is 0.310 e. The molecule has 0 spiro atoms. The van der Waals surface area contributed by atoms with E-state index in [4.69, 9.17) is 0 Å². The first kappa shape index (κ1) is 33.4. The molecule has 56 heavy (non-hydrogen) atoms. The molecule has 0 fully saturated rings. The molecule has 0 N–H and O–H groups in total. The first-order valence-corrected chi connectivity index (χ1v) is 19.3. The summed E-state index contributed by atoms with van der Waals surface area (Å²) in [6.07, 6.45) is 0. The molecule has 1 heteroatoms. The summed E-state index contributed by atoms with van der Waals surface area (Å²) in [5, 5.41) is 0. The highest BCUT2D eigenvalue weighted by Crippen LogP contribution is 2.59. The average Bonchev–Trinajstić information content (AvgIpc) is 3.60. The molecule has 0 bridgehead atoms. The Labute approximate surface area is 329 Å². The minimum absolute atomic E-state index is 0.483. The lowest BCUT2D eigenvalue weighted by atomic mass is 9.68. The van der Waals surface area contributed by atoms with E-state index in [1.54, 1.807) is 0 Å². The van der Waals surface area contributed by atoms with Crippen molar-refractivity contribution in [3.63, 3.8) is 0 Å². The molecule has 9 aromatic carbocycles. The van der Waals surface area contributed by atoms with Gasteiger partial charge in [-0.25, -0.2) is 0 Å². The van der Waals surface area contributed by atoms with E-state index in [0.29, 0.717) is 0 Å². The van der Waals surface area contributed by atoms with Crippen LogP contribution in [0.1, 0.15) is 22.3 Å². The molecule has 0 radical (unpaired) electrons. The maximum absolute atomic E-state index is 2.44. The highest BCUT2D eigenvalue weighted by atomic mass is 15.1. The number of hydrogen-bond acceptors (Lipinski definition) is 1. The van der Waals surface area contributed by atoms with E-state index in [2.05, 4.69) is 241 Å². The van der Waals surface area contributed by atoms with Crippen molar-refractivity contribution in [3.05, 3.63) is 259 Å². The average molecular weight is 714 g/mol. The quantitative estimate of drug-likeness (QED) is 0.152. The lowest BCUT2D eigenvalue weighted by Crippen LogP contribution is -2.28. The Hall–Kier alpha value is -7.22. The third-order valence-corrected chi connectivity index (χ3v) is 11.4. The second-order valence-electron chi connectivity index (χ2n) is 14.5. The lowest BCUT2D eigenvalue weighted by Gasteiger charge is -2.34. The first-order chi connectivity index (χ1) is 27.8. The summed E-state index contributed by atoms with van der Waals surface area (Å²) < 4.78 is 0. The highest BCUT2D eigenvalue weighted by Gasteiger charge is 2.47. The Morgan fingerprint density at radius 3 is 1.09 bits per heavy atom. The second-order valence-corrected chi connectivity index (χ2v) is 14.5. The molecule has 1 aliphatic carbocycles. The number of rotatable bonds is 8. The number of benzene rings is 9. The molecule has 10 rings (SSSR count). The van der Waals surface area contributed by atoms with Crippen molar-refractivity contribution < 1.29 is 0 Å². The van der Waals surface area contributed by atoms with Crippen LogP contribution in [0.3, 0.4) is 0 Å². The topological polar surface area (TPSA) is 3.24 Å². The molecule has 0 heterocycles. The van der Waals surface area contributed by atoms with E-state index in [1.807, 2.05) is 0 Å². The van der Waals surface area contributed by atoms with Crippen LogP contribution in [0, 0.1) is 0 Å². The molecular weight excluding hydrogens is 675 g/mol.